The van der Waals surface area contributed by atoms with E-state index in [4.69, 9.17) is 15.2 Å². The molecular weight excluding hydrogens is 620 g/mol. The third kappa shape index (κ3) is 6.66. The van der Waals surface area contributed by atoms with Crippen LogP contribution in [0.5, 0.6) is 0 Å². The number of carbonyl (C=O) groups excluding carboxylic acids is 4. The first kappa shape index (κ1) is 34.5. The topological polar surface area (TPSA) is 172 Å². The van der Waals surface area contributed by atoms with Crippen LogP contribution in [0, 0.1) is 5.92 Å². The molecule has 5 rings (SSSR count). The van der Waals surface area contributed by atoms with E-state index in [1.165, 1.54) is 7.11 Å². The summed E-state index contributed by atoms with van der Waals surface area (Å²) in [6.45, 7) is 6.24. The number of carbonyl (C=O) groups is 4. The zero-order chi connectivity index (χ0) is 34.1. The fourth-order valence-electron chi connectivity index (χ4n) is 7.70. The van der Waals surface area contributed by atoms with Crippen LogP contribution < -0.4 is 16.0 Å². The van der Waals surface area contributed by atoms with Crippen molar-refractivity contribution in [3.8, 4) is 0 Å². The Morgan fingerprint density at radius 2 is 1.87 bits per heavy atom. The second-order valence-electron chi connectivity index (χ2n) is 13.4. The Labute approximate surface area is 276 Å². The summed E-state index contributed by atoms with van der Waals surface area (Å²) in [7, 11) is -1.69. The van der Waals surface area contributed by atoms with E-state index in [0.717, 1.165) is 12.8 Å². The summed E-state index contributed by atoms with van der Waals surface area (Å²) in [5, 5.41) is 12.8. The number of fused-ring (bicyclic) bond motifs is 2. The van der Waals surface area contributed by atoms with Crippen molar-refractivity contribution in [2.24, 2.45) is 5.92 Å². The van der Waals surface area contributed by atoms with Crippen molar-refractivity contribution in [3.63, 3.8) is 0 Å². The predicted molar refractivity (Wildman–Crippen MR) is 179 cm³/mol. The summed E-state index contributed by atoms with van der Waals surface area (Å²) >= 11 is 0. The zero-order valence-electron chi connectivity index (χ0n) is 27.5. The highest BCUT2D eigenvalue weighted by Gasteiger charge is 2.66. The molecule has 0 saturated carbocycles. The lowest BCUT2D eigenvalue weighted by Gasteiger charge is -2.33. The second-order valence-corrected chi connectivity index (χ2v) is 17.4. The highest BCUT2D eigenvalue weighted by Crippen LogP contribution is 2.60. The number of nitrogen functional groups attached to an aromatic ring is 1. The van der Waals surface area contributed by atoms with E-state index >= 15 is 0 Å². The predicted octanol–water partition coefficient (Wildman–Crippen LogP) is 3.38. The Hall–Kier alpha value is -3.78. The molecule has 3 aliphatic rings. The van der Waals surface area contributed by atoms with Gasteiger partial charge >= 0.3 is 5.97 Å². The van der Waals surface area contributed by atoms with E-state index < -0.39 is 31.5 Å². The molecule has 0 aromatic heterocycles. The average Bonchev–Trinajstić information content (AvgIpc) is 3.69. The lowest BCUT2D eigenvalue weighted by Crippen LogP contribution is -2.46. The Kier molecular flexibility index (Phi) is 10.1. The maximum atomic E-state index is 14.6. The van der Waals surface area contributed by atoms with Crippen molar-refractivity contribution in [2.45, 2.75) is 81.8 Å². The second kappa shape index (κ2) is 13.8. The third-order valence-corrected chi connectivity index (χ3v) is 12.4. The van der Waals surface area contributed by atoms with Crippen molar-refractivity contribution < 1.29 is 38.6 Å². The molecule has 0 bridgehead atoms. The van der Waals surface area contributed by atoms with Crippen molar-refractivity contribution in [3.05, 3.63) is 53.6 Å². The number of unbranched alkanes of at least 4 members (excludes halogenated alkanes) is 1. The van der Waals surface area contributed by atoms with Crippen molar-refractivity contribution in [1.82, 2.24) is 4.90 Å². The average molecular weight is 667 g/mol. The van der Waals surface area contributed by atoms with Gasteiger partial charge in [-0.05, 0) is 81.2 Å². The number of nitrogens with two attached hydrogens (primary N) is 1. The number of methoxy groups -OCH3 is 1. The van der Waals surface area contributed by atoms with Crippen LogP contribution in [0.1, 0.15) is 61.4 Å². The van der Waals surface area contributed by atoms with Gasteiger partial charge in [-0.2, -0.15) is 0 Å². The first-order chi connectivity index (χ1) is 22.3. The molecule has 2 aromatic rings. The molecule has 5 N–H and O–H groups in total. The number of hydrogen-bond donors (Lipinski definition) is 4. The minimum absolute atomic E-state index is 0.0282. The standard InChI is InChI=1S/C34H46N4O8Si/c1-21-31(47(3,4)44)28(19-29(40)37-17-7-8-25(37)20-39)46-34(21)26-18-24(36-32(42)22-10-12-23(35)13-11-22)14-15-27(26)38(33(34)43)16-6-5-9-30(41)45-2/h10-15,18,21,25,28,31,39,44H,5-9,16-17,19-20,35H2,1-4H3,(H,36,42)/t21-,25-,28+,31-,34+/m0/s1. The van der Waals surface area contributed by atoms with Gasteiger partial charge in [-0.25, -0.2) is 0 Å². The number of benzene rings is 2. The van der Waals surface area contributed by atoms with Crippen LogP contribution in [0.25, 0.3) is 0 Å². The molecule has 0 unspecified atom stereocenters. The Bertz CT molecular complexity index is 1510. The summed E-state index contributed by atoms with van der Waals surface area (Å²) in [5.41, 5.74) is 6.40. The number of aliphatic hydroxyl groups is 1. The third-order valence-electron chi connectivity index (χ3n) is 9.94. The molecule has 1 spiro atoms. The highest BCUT2D eigenvalue weighted by molar-refractivity contribution is 6.71. The van der Waals surface area contributed by atoms with E-state index in [2.05, 4.69) is 5.32 Å². The first-order valence-corrected chi connectivity index (χ1v) is 19.3. The zero-order valence-corrected chi connectivity index (χ0v) is 28.5. The molecule has 2 fully saturated rings. The number of likely N-dealkylation sites (tertiary alicyclic amines) is 1. The largest absolute Gasteiger partial charge is 0.469 e. The van der Waals surface area contributed by atoms with Crippen LogP contribution in [-0.2, 0) is 29.5 Å². The van der Waals surface area contributed by atoms with Crippen LogP contribution in [-0.4, -0.2) is 85.8 Å². The first-order valence-electron chi connectivity index (χ1n) is 16.3. The Morgan fingerprint density at radius 1 is 1.15 bits per heavy atom. The van der Waals surface area contributed by atoms with Crippen LogP contribution in [0.2, 0.25) is 18.6 Å². The van der Waals surface area contributed by atoms with Crippen molar-refractivity contribution in [2.75, 3.05) is 42.8 Å². The Balaban J connectivity index is 1.50. The summed E-state index contributed by atoms with van der Waals surface area (Å²) in [6, 6.07) is 11.5. The number of aliphatic hydroxyl groups excluding tert-OH is 1. The molecule has 3 aliphatic heterocycles. The number of rotatable bonds is 11. The van der Waals surface area contributed by atoms with Gasteiger partial charge < -0.3 is 40.2 Å². The lowest BCUT2D eigenvalue weighted by atomic mass is 9.82. The van der Waals surface area contributed by atoms with E-state index in [0.29, 0.717) is 54.1 Å². The van der Waals surface area contributed by atoms with Crippen LogP contribution in [0.15, 0.2) is 42.5 Å². The molecule has 5 atom stereocenters. The summed E-state index contributed by atoms with van der Waals surface area (Å²) in [6.07, 6.45) is 2.02. The smallest absolute Gasteiger partial charge is 0.305 e. The maximum Gasteiger partial charge on any atom is 0.305 e. The number of amides is 3. The number of esters is 1. The molecule has 254 valence electrons. The number of anilines is 3. The number of hydrogen-bond acceptors (Lipinski definition) is 9. The molecular formula is C34H46N4O8Si. The van der Waals surface area contributed by atoms with E-state index in [-0.39, 0.29) is 49.2 Å². The van der Waals surface area contributed by atoms with Gasteiger partial charge in [0.2, 0.25) is 5.91 Å². The van der Waals surface area contributed by atoms with Crippen molar-refractivity contribution >= 4 is 49.1 Å². The van der Waals surface area contributed by atoms with E-state index in [1.54, 1.807) is 65.4 Å². The van der Waals surface area contributed by atoms with Gasteiger partial charge in [0.05, 0.1) is 38.0 Å². The summed E-state index contributed by atoms with van der Waals surface area (Å²) in [5.74, 6) is -1.65. The number of ether oxygens (including phenoxy) is 2. The lowest BCUT2D eigenvalue weighted by molar-refractivity contribution is -0.150. The molecule has 0 aliphatic carbocycles. The van der Waals surface area contributed by atoms with Gasteiger partial charge in [0, 0.05) is 53.5 Å². The van der Waals surface area contributed by atoms with Crippen molar-refractivity contribution in [1.29, 1.82) is 0 Å². The molecule has 2 aromatic carbocycles. The molecule has 47 heavy (non-hydrogen) atoms. The minimum atomic E-state index is -3.03. The molecule has 2 saturated heterocycles. The normalized spacial score (nSPS) is 25.4. The number of nitrogens with zero attached hydrogens (tertiary/aromatic N) is 2. The Morgan fingerprint density at radius 3 is 2.53 bits per heavy atom. The monoisotopic (exact) mass is 666 g/mol. The highest BCUT2D eigenvalue weighted by atomic mass is 28.4. The van der Waals surface area contributed by atoms with E-state index in [1.807, 2.05) is 6.92 Å². The quantitative estimate of drug-likeness (QED) is 0.121. The fourth-order valence-corrected chi connectivity index (χ4v) is 10.3. The summed E-state index contributed by atoms with van der Waals surface area (Å²) in [4.78, 5) is 68.1. The van der Waals surface area contributed by atoms with Gasteiger partial charge in [-0.1, -0.05) is 6.92 Å². The fraction of sp³-hybridized carbons (Fsp3) is 0.529. The molecule has 0 radical (unpaired) electrons. The van der Waals surface area contributed by atoms with Gasteiger partial charge in [0.1, 0.15) is 0 Å². The van der Waals surface area contributed by atoms with Gasteiger partial charge in [-0.3, -0.25) is 19.2 Å². The van der Waals surface area contributed by atoms with Gasteiger partial charge in [-0.15, -0.1) is 0 Å². The maximum absolute atomic E-state index is 14.6. The molecule has 3 amide bonds. The van der Waals surface area contributed by atoms with Gasteiger partial charge in [0.25, 0.3) is 11.8 Å². The minimum Gasteiger partial charge on any atom is -0.469 e. The molecule has 12 nitrogen and oxygen atoms in total. The van der Waals surface area contributed by atoms with E-state index in [9.17, 15) is 29.1 Å². The van der Waals surface area contributed by atoms with Crippen LogP contribution in [0.3, 0.4) is 0 Å². The van der Waals surface area contributed by atoms with Crippen LogP contribution in [0.4, 0.5) is 17.1 Å². The summed E-state index contributed by atoms with van der Waals surface area (Å²) < 4.78 is 11.6. The van der Waals surface area contributed by atoms with Crippen LogP contribution >= 0.6 is 0 Å². The molecule has 3 heterocycles. The number of nitrogens with one attached hydrogen (secondary N) is 1. The van der Waals surface area contributed by atoms with Gasteiger partial charge in [0.15, 0.2) is 13.9 Å². The molecule has 13 heteroatoms. The SMILES string of the molecule is COC(=O)CCCCN1C(=O)[C@]2(O[C@H](CC(=O)N3CCC[C@H]3CO)[C@@H]([Si](C)(C)O)[C@@H]2C)c2cc(NC(=O)c3ccc(N)cc3)ccc21.